The minimum atomic E-state index is -0.456. The van der Waals surface area contributed by atoms with Gasteiger partial charge in [0, 0.05) is 25.5 Å². The number of fused-ring (bicyclic) bond motifs is 1. The number of benzene rings is 1. The van der Waals surface area contributed by atoms with Gasteiger partial charge in [-0.2, -0.15) is 0 Å². The van der Waals surface area contributed by atoms with E-state index < -0.39 is 11.5 Å². The van der Waals surface area contributed by atoms with Crippen molar-refractivity contribution in [3.05, 3.63) is 46.2 Å². The molecule has 0 aliphatic heterocycles. The molecule has 104 valence electrons. The van der Waals surface area contributed by atoms with Crippen molar-refractivity contribution in [1.82, 2.24) is 15.6 Å². The molecular formula is C14H15N3O3. The Morgan fingerprint density at radius 3 is 2.60 bits per heavy atom. The summed E-state index contributed by atoms with van der Waals surface area (Å²) in [6.45, 7) is 1.99. The number of carbonyl (C=O) groups is 2. The van der Waals surface area contributed by atoms with Gasteiger partial charge in [-0.15, -0.1) is 0 Å². The first-order valence-electron chi connectivity index (χ1n) is 6.22. The van der Waals surface area contributed by atoms with Gasteiger partial charge in [-0.05, 0) is 17.5 Å². The number of aromatic nitrogens is 1. The number of pyridine rings is 1. The number of carbonyl (C=O) groups excluding carboxylic acids is 2. The van der Waals surface area contributed by atoms with Gasteiger partial charge in [0.2, 0.25) is 5.91 Å². The summed E-state index contributed by atoms with van der Waals surface area (Å²) in [6, 6.07) is 8.79. The third-order valence-corrected chi connectivity index (χ3v) is 2.78. The Balaban J connectivity index is 2.11. The SMILES string of the molecule is CC(=O)NCCNC(=O)c1cc2ccccc2[nH]c1=O. The number of rotatable bonds is 4. The molecule has 0 saturated carbocycles. The number of aromatic amines is 1. The highest BCUT2D eigenvalue weighted by atomic mass is 16.2. The van der Waals surface area contributed by atoms with E-state index in [9.17, 15) is 14.4 Å². The third kappa shape index (κ3) is 3.23. The lowest BCUT2D eigenvalue weighted by atomic mass is 10.1. The quantitative estimate of drug-likeness (QED) is 0.704. The molecule has 2 rings (SSSR count). The van der Waals surface area contributed by atoms with E-state index in [4.69, 9.17) is 0 Å². The number of hydrogen-bond acceptors (Lipinski definition) is 3. The smallest absolute Gasteiger partial charge is 0.261 e. The van der Waals surface area contributed by atoms with Crippen LogP contribution in [-0.2, 0) is 4.79 Å². The summed E-state index contributed by atoms with van der Waals surface area (Å²) < 4.78 is 0. The largest absolute Gasteiger partial charge is 0.355 e. The zero-order chi connectivity index (χ0) is 14.5. The van der Waals surface area contributed by atoms with Gasteiger partial charge in [0.15, 0.2) is 0 Å². The Labute approximate surface area is 115 Å². The summed E-state index contributed by atoms with van der Waals surface area (Å²) in [5, 5.41) is 5.93. The zero-order valence-corrected chi connectivity index (χ0v) is 11.0. The summed E-state index contributed by atoms with van der Waals surface area (Å²) in [7, 11) is 0. The fourth-order valence-corrected chi connectivity index (χ4v) is 1.83. The van der Waals surface area contributed by atoms with Crippen molar-refractivity contribution < 1.29 is 9.59 Å². The zero-order valence-electron chi connectivity index (χ0n) is 11.0. The Bertz CT molecular complexity index is 706. The van der Waals surface area contributed by atoms with Gasteiger partial charge >= 0.3 is 0 Å². The maximum absolute atomic E-state index is 11.9. The van der Waals surface area contributed by atoms with Gasteiger partial charge in [0.05, 0.1) is 0 Å². The molecule has 0 radical (unpaired) electrons. The Morgan fingerprint density at radius 1 is 1.15 bits per heavy atom. The Morgan fingerprint density at radius 2 is 1.85 bits per heavy atom. The maximum Gasteiger partial charge on any atom is 0.261 e. The first-order valence-corrected chi connectivity index (χ1v) is 6.22. The van der Waals surface area contributed by atoms with Gasteiger partial charge in [-0.25, -0.2) is 0 Å². The highest BCUT2D eigenvalue weighted by Crippen LogP contribution is 2.09. The molecule has 0 bridgehead atoms. The number of nitrogens with one attached hydrogen (secondary N) is 3. The van der Waals surface area contributed by atoms with Crippen molar-refractivity contribution in [2.24, 2.45) is 0 Å². The molecule has 6 nitrogen and oxygen atoms in total. The van der Waals surface area contributed by atoms with Gasteiger partial charge < -0.3 is 15.6 Å². The second-order valence-electron chi connectivity index (χ2n) is 4.34. The van der Waals surface area contributed by atoms with Crippen LogP contribution in [-0.4, -0.2) is 29.9 Å². The van der Waals surface area contributed by atoms with E-state index in [1.165, 1.54) is 6.92 Å². The molecule has 0 fully saturated rings. The summed E-state index contributed by atoms with van der Waals surface area (Å²) in [5.41, 5.74) is 0.319. The summed E-state index contributed by atoms with van der Waals surface area (Å²) in [5.74, 6) is -0.620. The van der Waals surface area contributed by atoms with E-state index in [-0.39, 0.29) is 18.0 Å². The molecule has 0 aliphatic carbocycles. The number of para-hydroxylation sites is 1. The average molecular weight is 273 g/mol. The Kier molecular flexibility index (Phi) is 4.14. The van der Waals surface area contributed by atoms with Gasteiger partial charge in [-0.3, -0.25) is 14.4 Å². The van der Waals surface area contributed by atoms with Crippen LogP contribution in [0.3, 0.4) is 0 Å². The van der Waals surface area contributed by atoms with Gasteiger partial charge in [0.1, 0.15) is 5.56 Å². The van der Waals surface area contributed by atoms with Gasteiger partial charge in [0.25, 0.3) is 11.5 Å². The van der Waals surface area contributed by atoms with Crippen LogP contribution < -0.4 is 16.2 Å². The van der Waals surface area contributed by atoms with E-state index >= 15 is 0 Å². The fraction of sp³-hybridized carbons (Fsp3) is 0.214. The van der Waals surface area contributed by atoms with Crippen LogP contribution in [0.25, 0.3) is 10.9 Å². The van der Waals surface area contributed by atoms with E-state index in [1.54, 1.807) is 12.1 Å². The van der Waals surface area contributed by atoms with Crippen LogP contribution in [0, 0.1) is 0 Å². The Hall–Kier alpha value is -2.63. The molecular weight excluding hydrogens is 258 g/mol. The first kappa shape index (κ1) is 13.8. The average Bonchev–Trinajstić information content (AvgIpc) is 2.42. The molecule has 2 aromatic rings. The number of H-pyrrole nitrogens is 1. The third-order valence-electron chi connectivity index (χ3n) is 2.78. The number of amides is 2. The molecule has 1 heterocycles. The van der Waals surface area contributed by atoms with Crippen LogP contribution in [0.1, 0.15) is 17.3 Å². The maximum atomic E-state index is 11.9. The summed E-state index contributed by atoms with van der Waals surface area (Å²) in [6.07, 6.45) is 0. The highest BCUT2D eigenvalue weighted by molar-refractivity contribution is 5.97. The van der Waals surface area contributed by atoms with E-state index in [2.05, 4.69) is 15.6 Å². The van der Waals surface area contributed by atoms with Crippen LogP contribution >= 0.6 is 0 Å². The van der Waals surface area contributed by atoms with Crippen LogP contribution in [0.4, 0.5) is 0 Å². The molecule has 6 heteroatoms. The van der Waals surface area contributed by atoms with E-state index in [1.807, 2.05) is 18.2 Å². The molecule has 0 atom stereocenters. The predicted octanol–water partition coefficient (Wildman–Crippen LogP) is 0.394. The fourth-order valence-electron chi connectivity index (χ4n) is 1.83. The van der Waals surface area contributed by atoms with E-state index in [0.29, 0.717) is 12.1 Å². The van der Waals surface area contributed by atoms with Crippen molar-refractivity contribution >= 4 is 22.7 Å². The van der Waals surface area contributed by atoms with Gasteiger partial charge in [-0.1, -0.05) is 18.2 Å². The standard InChI is InChI=1S/C14H15N3O3/c1-9(18)15-6-7-16-13(19)11-8-10-4-2-3-5-12(10)17-14(11)20/h2-5,8H,6-7H2,1H3,(H,15,18)(H,16,19)(H,17,20). The first-order chi connectivity index (χ1) is 9.58. The van der Waals surface area contributed by atoms with Crippen molar-refractivity contribution in [2.75, 3.05) is 13.1 Å². The summed E-state index contributed by atoms with van der Waals surface area (Å²) in [4.78, 5) is 37.1. The van der Waals surface area contributed by atoms with Crippen molar-refractivity contribution in [3.8, 4) is 0 Å². The normalized spacial score (nSPS) is 10.2. The van der Waals surface area contributed by atoms with Crippen molar-refractivity contribution in [3.63, 3.8) is 0 Å². The monoisotopic (exact) mass is 273 g/mol. The van der Waals surface area contributed by atoms with E-state index in [0.717, 1.165) is 5.39 Å². The summed E-state index contributed by atoms with van der Waals surface area (Å²) >= 11 is 0. The minimum Gasteiger partial charge on any atom is -0.355 e. The van der Waals surface area contributed by atoms with Crippen molar-refractivity contribution in [1.29, 1.82) is 0 Å². The molecule has 0 unspecified atom stereocenters. The molecule has 1 aromatic carbocycles. The molecule has 20 heavy (non-hydrogen) atoms. The number of hydrogen-bond donors (Lipinski definition) is 3. The lowest BCUT2D eigenvalue weighted by Crippen LogP contribution is -2.35. The molecule has 3 N–H and O–H groups in total. The van der Waals surface area contributed by atoms with Crippen LogP contribution in [0.2, 0.25) is 0 Å². The predicted molar refractivity (Wildman–Crippen MR) is 75.6 cm³/mol. The molecule has 2 amide bonds. The van der Waals surface area contributed by atoms with Crippen molar-refractivity contribution in [2.45, 2.75) is 6.92 Å². The molecule has 0 aliphatic rings. The minimum absolute atomic E-state index is 0.0616. The second kappa shape index (κ2) is 6.01. The topological polar surface area (TPSA) is 91.1 Å². The molecule has 0 spiro atoms. The lowest BCUT2D eigenvalue weighted by molar-refractivity contribution is -0.118. The van der Waals surface area contributed by atoms with Crippen LogP contribution in [0.15, 0.2) is 35.1 Å². The molecule has 1 aromatic heterocycles. The van der Waals surface area contributed by atoms with Crippen LogP contribution in [0.5, 0.6) is 0 Å². The second-order valence-corrected chi connectivity index (χ2v) is 4.34. The molecule has 0 saturated heterocycles. The lowest BCUT2D eigenvalue weighted by Gasteiger charge is -2.06. The highest BCUT2D eigenvalue weighted by Gasteiger charge is 2.10.